The summed E-state index contributed by atoms with van der Waals surface area (Å²) in [6.45, 7) is 0.232. The van der Waals surface area contributed by atoms with Crippen molar-refractivity contribution in [3.05, 3.63) is 57.9 Å². The monoisotopic (exact) mass is 564 g/mol. The van der Waals surface area contributed by atoms with Gasteiger partial charge in [-0.25, -0.2) is 21.7 Å². The average Bonchev–Trinajstić information content (AvgIpc) is 3.56. The minimum Gasteiger partial charge on any atom is -0.511 e. The van der Waals surface area contributed by atoms with Gasteiger partial charge in [0, 0.05) is 25.0 Å². The van der Waals surface area contributed by atoms with Crippen molar-refractivity contribution in [2.75, 3.05) is 11.6 Å². The van der Waals surface area contributed by atoms with E-state index in [1.807, 2.05) is 0 Å². The second kappa shape index (κ2) is 9.00. The van der Waals surface area contributed by atoms with Gasteiger partial charge < -0.3 is 15.3 Å². The summed E-state index contributed by atoms with van der Waals surface area (Å²) in [5.74, 6) is -0.433. The van der Waals surface area contributed by atoms with Gasteiger partial charge in [0.1, 0.15) is 27.0 Å². The van der Waals surface area contributed by atoms with E-state index in [9.17, 15) is 26.9 Å². The van der Waals surface area contributed by atoms with Crippen LogP contribution in [0.3, 0.4) is 0 Å². The Balaban J connectivity index is 1.35. The standard InChI is InChI=1S/C24H25FN4O5S3/c1-37(33,34)26-9-15-11-35-23-21(15)36(32)28-22(27-23)18-20(30)17-13-4-5-14(8-13)19(17)29(24(18)31)10-12-2-6-16(25)7-3-12/h2-3,6-7,11,13-14,17,19,26,30H,4-5,8-10H2,1H3,(H,27,28)/t13?,14-,17-,19+,36?/m1/s1. The number of hydrogen-bond acceptors (Lipinski definition) is 7. The number of rotatable bonds is 6. The topological polar surface area (TPSA) is 128 Å². The van der Waals surface area contributed by atoms with Crippen LogP contribution in [-0.4, -0.2) is 46.7 Å². The highest BCUT2D eigenvalue weighted by molar-refractivity contribution is 7.88. The molecule has 3 heterocycles. The van der Waals surface area contributed by atoms with Gasteiger partial charge in [-0.3, -0.25) is 4.79 Å². The van der Waals surface area contributed by atoms with Gasteiger partial charge in [0.05, 0.1) is 6.26 Å². The maximum atomic E-state index is 13.9. The number of fused-ring (bicyclic) bond motifs is 6. The summed E-state index contributed by atoms with van der Waals surface area (Å²) in [7, 11) is -5.35. The number of carbonyl (C=O) groups excluding carboxylic acids is 1. The number of nitrogens with zero attached hydrogens (tertiary/aromatic N) is 2. The van der Waals surface area contributed by atoms with Gasteiger partial charge in [-0.15, -0.1) is 11.3 Å². The molecule has 0 radical (unpaired) electrons. The van der Waals surface area contributed by atoms with Crippen molar-refractivity contribution in [1.29, 1.82) is 0 Å². The minimum absolute atomic E-state index is 0.0131. The Labute approximate surface area is 220 Å². The highest BCUT2D eigenvalue weighted by Gasteiger charge is 2.57. The molecule has 196 valence electrons. The molecule has 2 aliphatic heterocycles. The summed E-state index contributed by atoms with van der Waals surface area (Å²) < 4.78 is 56.3. The smallest absolute Gasteiger partial charge is 0.261 e. The zero-order valence-corrected chi connectivity index (χ0v) is 22.3. The van der Waals surface area contributed by atoms with E-state index in [4.69, 9.17) is 0 Å². The number of benzene rings is 1. The van der Waals surface area contributed by atoms with Crippen LogP contribution in [0.2, 0.25) is 0 Å². The van der Waals surface area contributed by atoms with Crippen molar-refractivity contribution in [1.82, 2.24) is 9.62 Å². The molecule has 0 saturated heterocycles. The molecule has 5 atom stereocenters. The fourth-order valence-electron chi connectivity index (χ4n) is 6.19. The van der Waals surface area contributed by atoms with Crippen molar-refractivity contribution in [3.8, 4) is 0 Å². The summed E-state index contributed by atoms with van der Waals surface area (Å²) in [4.78, 5) is 16.0. The fourth-order valence-corrected chi connectivity index (χ4v) is 8.86. The van der Waals surface area contributed by atoms with Crippen LogP contribution < -0.4 is 10.0 Å². The van der Waals surface area contributed by atoms with Crippen LogP contribution in [0.5, 0.6) is 0 Å². The first kappa shape index (κ1) is 24.7. The largest absolute Gasteiger partial charge is 0.511 e. The fraction of sp³-hybridized carbons (Fsp3) is 0.417. The lowest BCUT2D eigenvalue weighted by Gasteiger charge is -2.44. The van der Waals surface area contributed by atoms with Crippen molar-refractivity contribution < 1.29 is 26.9 Å². The SMILES string of the molecule is CS(=O)(=O)NCc1csc2c1S(=O)N=C(C1=C(O)[C@@H]3C4CC[C@H](C4)[C@@H]3N(Cc3ccc(F)cc3)C1=O)N2. The Morgan fingerprint density at radius 3 is 2.73 bits per heavy atom. The van der Waals surface area contributed by atoms with E-state index in [2.05, 4.69) is 14.4 Å². The third-order valence-corrected chi connectivity index (χ3v) is 10.6. The van der Waals surface area contributed by atoms with Gasteiger partial charge in [0.25, 0.3) is 5.91 Å². The Kier molecular flexibility index (Phi) is 6.01. The second-order valence-electron chi connectivity index (χ2n) is 10.00. The normalized spacial score (nSPS) is 28.7. The van der Waals surface area contributed by atoms with Gasteiger partial charge in [-0.2, -0.15) is 4.40 Å². The number of thiophene rings is 1. The molecule has 2 unspecified atom stereocenters. The average molecular weight is 565 g/mol. The molecule has 2 aliphatic carbocycles. The number of nitrogens with one attached hydrogen (secondary N) is 2. The predicted octanol–water partition coefficient (Wildman–Crippen LogP) is 3.05. The number of aliphatic hydroxyl groups excluding tert-OH is 1. The number of anilines is 1. The van der Waals surface area contributed by atoms with E-state index < -0.39 is 26.9 Å². The third kappa shape index (κ3) is 4.31. The van der Waals surface area contributed by atoms with E-state index in [0.717, 1.165) is 31.1 Å². The first-order chi connectivity index (χ1) is 17.6. The lowest BCUT2D eigenvalue weighted by molar-refractivity contribution is -0.134. The summed E-state index contributed by atoms with van der Waals surface area (Å²) in [5, 5.41) is 16.7. The van der Waals surface area contributed by atoms with Crippen LogP contribution in [0.15, 0.2) is 50.3 Å². The maximum Gasteiger partial charge on any atom is 0.261 e. The molecule has 2 bridgehead atoms. The number of amidine groups is 1. The van der Waals surface area contributed by atoms with Gasteiger partial charge >= 0.3 is 0 Å². The Bertz CT molecular complexity index is 1480. The van der Waals surface area contributed by atoms with E-state index in [-0.39, 0.29) is 59.9 Å². The van der Waals surface area contributed by atoms with Crippen molar-refractivity contribution in [2.24, 2.45) is 22.2 Å². The molecule has 6 rings (SSSR count). The summed E-state index contributed by atoms with van der Waals surface area (Å²) in [6, 6.07) is 5.87. The number of aliphatic hydroxyl groups is 1. The van der Waals surface area contributed by atoms with Crippen LogP contribution in [0.25, 0.3) is 0 Å². The van der Waals surface area contributed by atoms with Crippen molar-refractivity contribution >= 4 is 49.1 Å². The predicted molar refractivity (Wildman–Crippen MR) is 138 cm³/mol. The molecule has 9 nitrogen and oxygen atoms in total. The van der Waals surface area contributed by atoms with Gasteiger partial charge in [-0.1, -0.05) is 12.1 Å². The van der Waals surface area contributed by atoms with Crippen LogP contribution in [0.1, 0.15) is 30.4 Å². The molecular formula is C24H25FN4O5S3. The van der Waals surface area contributed by atoms with Gasteiger partial charge in [0.2, 0.25) is 10.0 Å². The number of hydrogen-bond donors (Lipinski definition) is 3. The molecule has 4 aliphatic rings. The lowest BCUT2D eigenvalue weighted by Crippen LogP contribution is -2.53. The van der Waals surface area contributed by atoms with Gasteiger partial charge in [-0.05, 0) is 59.7 Å². The second-order valence-corrected chi connectivity index (χ2v) is 13.8. The first-order valence-electron chi connectivity index (χ1n) is 11.9. The van der Waals surface area contributed by atoms with Crippen LogP contribution >= 0.6 is 11.3 Å². The molecule has 2 aromatic rings. The van der Waals surface area contributed by atoms with E-state index >= 15 is 0 Å². The Morgan fingerprint density at radius 2 is 2.00 bits per heavy atom. The van der Waals surface area contributed by atoms with E-state index in [0.29, 0.717) is 15.5 Å². The maximum absolute atomic E-state index is 13.9. The zero-order valence-electron chi connectivity index (χ0n) is 19.8. The quantitative estimate of drug-likeness (QED) is 0.495. The summed E-state index contributed by atoms with van der Waals surface area (Å²) in [6.07, 6.45) is 3.94. The Morgan fingerprint density at radius 1 is 1.27 bits per heavy atom. The molecule has 13 heteroatoms. The van der Waals surface area contributed by atoms with E-state index in [1.54, 1.807) is 22.4 Å². The molecule has 37 heavy (non-hydrogen) atoms. The molecule has 2 saturated carbocycles. The number of amides is 1. The van der Waals surface area contributed by atoms with E-state index in [1.165, 1.54) is 23.5 Å². The van der Waals surface area contributed by atoms with Crippen molar-refractivity contribution in [2.45, 2.75) is 43.3 Å². The number of sulfonamides is 1. The molecule has 3 N–H and O–H groups in total. The molecule has 1 amide bonds. The first-order valence-corrected chi connectivity index (χ1v) is 15.8. The highest BCUT2D eigenvalue weighted by atomic mass is 32.2. The minimum atomic E-state index is -3.45. The van der Waals surface area contributed by atoms with Crippen LogP contribution in [-0.2, 0) is 38.9 Å². The van der Waals surface area contributed by atoms with Gasteiger partial charge in [0.15, 0.2) is 16.8 Å². The number of carbonyl (C=O) groups is 1. The van der Waals surface area contributed by atoms with Crippen molar-refractivity contribution in [3.63, 3.8) is 0 Å². The highest BCUT2D eigenvalue weighted by Crippen LogP contribution is 2.55. The summed E-state index contributed by atoms with van der Waals surface area (Å²) >= 11 is 1.23. The molecule has 1 aromatic heterocycles. The molecular weight excluding hydrogens is 539 g/mol. The third-order valence-electron chi connectivity index (χ3n) is 7.70. The Hall–Kier alpha value is -2.61. The molecule has 0 spiro atoms. The molecule has 2 fully saturated rings. The van der Waals surface area contributed by atoms with Crippen LogP contribution in [0, 0.1) is 23.6 Å². The number of halogens is 1. The lowest BCUT2D eigenvalue weighted by atomic mass is 9.77. The summed E-state index contributed by atoms with van der Waals surface area (Å²) in [5.41, 5.74) is 1.32. The van der Waals surface area contributed by atoms with Crippen LogP contribution in [0.4, 0.5) is 9.39 Å². The zero-order chi connectivity index (χ0) is 26.1. The molecule has 1 aromatic carbocycles.